The summed E-state index contributed by atoms with van der Waals surface area (Å²) >= 11 is 1.86. The van der Waals surface area contributed by atoms with E-state index in [2.05, 4.69) is 41.7 Å². The minimum absolute atomic E-state index is 0.304. The third kappa shape index (κ3) is 2.18. The SMILES string of the molecule is CCOc1ccc([C@@H]2Nc3ccccc3S2)cc1. The van der Waals surface area contributed by atoms with Crippen molar-refractivity contribution in [2.45, 2.75) is 17.2 Å². The molecule has 92 valence electrons. The zero-order valence-corrected chi connectivity index (χ0v) is 11.0. The number of nitrogens with one attached hydrogen (secondary N) is 1. The average molecular weight is 257 g/mol. The molecule has 0 radical (unpaired) electrons. The summed E-state index contributed by atoms with van der Waals surface area (Å²) in [5, 5.41) is 3.83. The van der Waals surface area contributed by atoms with Gasteiger partial charge in [-0.05, 0) is 36.8 Å². The summed E-state index contributed by atoms with van der Waals surface area (Å²) in [6.07, 6.45) is 0. The van der Waals surface area contributed by atoms with Gasteiger partial charge in [0.15, 0.2) is 0 Å². The number of anilines is 1. The fourth-order valence-corrected chi connectivity index (χ4v) is 3.19. The van der Waals surface area contributed by atoms with E-state index in [1.807, 2.05) is 30.8 Å². The van der Waals surface area contributed by atoms with E-state index in [0.29, 0.717) is 12.0 Å². The van der Waals surface area contributed by atoms with Crippen LogP contribution in [0.4, 0.5) is 5.69 Å². The topological polar surface area (TPSA) is 21.3 Å². The Bertz CT molecular complexity index is 513. The van der Waals surface area contributed by atoms with Crippen molar-refractivity contribution in [3.63, 3.8) is 0 Å². The first-order valence-corrected chi connectivity index (χ1v) is 7.00. The number of thioether (sulfide) groups is 1. The molecule has 2 nitrogen and oxygen atoms in total. The van der Waals surface area contributed by atoms with Crippen molar-refractivity contribution in [1.29, 1.82) is 0 Å². The monoisotopic (exact) mass is 257 g/mol. The molecular weight excluding hydrogens is 242 g/mol. The number of fused-ring (bicyclic) bond motifs is 1. The maximum atomic E-state index is 5.46. The number of ether oxygens (including phenoxy) is 1. The standard InChI is InChI=1S/C15H15NOS/c1-2-17-12-9-7-11(8-10-12)15-16-13-5-3-4-6-14(13)18-15/h3-10,15-16H,2H2,1H3/t15-/m1/s1. The molecule has 0 fully saturated rings. The molecule has 0 saturated heterocycles. The highest BCUT2D eigenvalue weighted by Crippen LogP contribution is 2.46. The zero-order chi connectivity index (χ0) is 12.4. The van der Waals surface area contributed by atoms with Gasteiger partial charge >= 0.3 is 0 Å². The van der Waals surface area contributed by atoms with Gasteiger partial charge in [-0.3, -0.25) is 0 Å². The first kappa shape index (κ1) is 11.5. The Morgan fingerprint density at radius 1 is 1.11 bits per heavy atom. The molecule has 2 aromatic rings. The zero-order valence-electron chi connectivity index (χ0n) is 10.2. The summed E-state index contributed by atoms with van der Waals surface area (Å²) in [5.74, 6) is 0.932. The van der Waals surface area contributed by atoms with Gasteiger partial charge in [0.25, 0.3) is 0 Å². The van der Waals surface area contributed by atoms with Crippen LogP contribution in [0.3, 0.4) is 0 Å². The smallest absolute Gasteiger partial charge is 0.119 e. The van der Waals surface area contributed by atoms with Crippen molar-refractivity contribution in [1.82, 2.24) is 0 Å². The number of rotatable bonds is 3. The highest BCUT2D eigenvalue weighted by molar-refractivity contribution is 8.00. The third-order valence-electron chi connectivity index (χ3n) is 2.91. The summed E-state index contributed by atoms with van der Waals surface area (Å²) in [6, 6.07) is 16.7. The molecular formula is C15H15NOS. The second-order valence-corrected chi connectivity index (χ2v) is 5.29. The second-order valence-electron chi connectivity index (χ2n) is 4.14. The van der Waals surface area contributed by atoms with Crippen molar-refractivity contribution in [3.05, 3.63) is 54.1 Å². The lowest BCUT2D eigenvalue weighted by molar-refractivity contribution is 0.340. The molecule has 0 saturated carbocycles. The molecule has 3 rings (SSSR count). The van der Waals surface area contributed by atoms with Crippen LogP contribution in [0.25, 0.3) is 0 Å². The molecule has 1 heterocycles. The van der Waals surface area contributed by atoms with E-state index in [9.17, 15) is 0 Å². The molecule has 3 heteroatoms. The summed E-state index contributed by atoms with van der Waals surface area (Å²) in [5.41, 5.74) is 2.50. The van der Waals surface area contributed by atoms with E-state index in [1.54, 1.807) is 0 Å². The van der Waals surface area contributed by atoms with Gasteiger partial charge < -0.3 is 10.1 Å². The first-order valence-electron chi connectivity index (χ1n) is 6.12. The molecule has 0 bridgehead atoms. The maximum Gasteiger partial charge on any atom is 0.119 e. The fraction of sp³-hybridized carbons (Fsp3) is 0.200. The lowest BCUT2D eigenvalue weighted by Gasteiger charge is -2.11. The Hall–Kier alpha value is -1.61. The summed E-state index contributed by atoms with van der Waals surface area (Å²) in [4.78, 5) is 1.32. The van der Waals surface area contributed by atoms with Crippen LogP contribution in [-0.2, 0) is 0 Å². The largest absolute Gasteiger partial charge is 0.494 e. The third-order valence-corrected chi connectivity index (χ3v) is 4.15. The van der Waals surface area contributed by atoms with Crippen LogP contribution in [0.1, 0.15) is 17.9 Å². The van der Waals surface area contributed by atoms with Crippen LogP contribution in [0, 0.1) is 0 Å². The van der Waals surface area contributed by atoms with Gasteiger partial charge in [-0.2, -0.15) is 0 Å². The highest BCUT2D eigenvalue weighted by Gasteiger charge is 2.21. The number of benzene rings is 2. The van der Waals surface area contributed by atoms with Gasteiger partial charge in [-0.15, -0.1) is 0 Å². The van der Waals surface area contributed by atoms with Gasteiger partial charge in [0.1, 0.15) is 11.1 Å². The first-order chi connectivity index (χ1) is 8.86. The number of para-hydroxylation sites is 1. The van der Waals surface area contributed by atoms with Crippen LogP contribution >= 0.6 is 11.8 Å². The molecule has 1 aliphatic rings. The van der Waals surface area contributed by atoms with Gasteiger partial charge in [-0.25, -0.2) is 0 Å². The van der Waals surface area contributed by atoms with E-state index < -0.39 is 0 Å². The molecule has 2 aromatic carbocycles. The summed E-state index contributed by atoms with van der Waals surface area (Å²) < 4.78 is 5.46. The van der Waals surface area contributed by atoms with Gasteiger partial charge in [0.05, 0.1) is 6.61 Å². The van der Waals surface area contributed by atoms with Crippen molar-refractivity contribution in [2.75, 3.05) is 11.9 Å². The van der Waals surface area contributed by atoms with E-state index in [0.717, 1.165) is 5.75 Å². The van der Waals surface area contributed by atoms with Crippen LogP contribution in [0.15, 0.2) is 53.4 Å². The predicted octanol–water partition coefficient (Wildman–Crippen LogP) is 4.30. The van der Waals surface area contributed by atoms with Crippen LogP contribution in [0.2, 0.25) is 0 Å². The van der Waals surface area contributed by atoms with Gasteiger partial charge in [0.2, 0.25) is 0 Å². The predicted molar refractivity (Wildman–Crippen MR) is 76.3 cm³/mol. The average Bonchev–Trinajstić information content (AvgIpc) is 2.84. The Morgan fingerprint density at radius 2 is 1.89 bits per heavy atom. The van der Waals surface area contributed by atoms with Crippen LogP contribution in [0.5, 0.6) is 5.75 Å². The lowest BCUT2D eigenvalue weighted by Crippen LogP contribution is -2.01. The van der Waals surface area contributed by atoms with E-state index in [4.69, 9.17) is 4.74 Å². The van der Waals surface area contributed by atoms with E-state index >= 15 is 0 Å². The second kappa shape index (κ2) is 4.94. The van der Waals surface area contributed by atoms with Crippen molar-refractivity contribution in [2.24, 2.45) is 0 Å². The minimum Gasteiger partial charge on any atom is -0.494 e. The van der Waals surface area contributed by atoms with Crippen LogP contribution < -0.4 is 10.1 Å². The number of hydrogen-bond acceptors (Lipinski definition) is 3. The molecule has 0 amide bonds. The highest BCUT2D eigenvalue weighted by atomic mass is 32.2. The normalized spacial score (nSPS) is 17.1. The molecule has 0 unspecified atom stereocenters. The van der Waals surface area contributed by atoms with Crippen molar-refractivity contribution < 1.29 is 4.74 Å². The van der Waals surface area contributed by atoms with Gasteiger partial charge in [0, 0.05) is 10.6 Å². The quantitative estimate of drug-likeness (QED) is 0.885. The van der Waals surface area contributed by atoms with E-state index in [1.165, 1.54) is 16.1 Å². The fourth-order valence-electron chi connectivity index (χ4n) is 2.04. The van der Waals surface area contributed by atoms with Crippen molar-refractivity contribution >= 4 is 17.4 Å². The Balaban J connectivity index is 1.78. The molecule has 1 aliphatic heterocycles. The number of hydrogen-bond donors (Lipinski definition) is 1. The molecule has 0 aliphatic carbocycles. The molecule has 1 N–H and O–H groups in total. The molecule has 0 aromatic heterocycles. The molecule has 18 heavy (non-hydrogen) atoms. The minimum atomic E-state index is 0.304. The Morgan fingerprint density at radius 3 is 2.61 bits per heavy atom. The lowest BCUT2D eigenvalue weighted by atomic mass is 10.2. The van der Waals surface area contributed by atoms with E-state index in [-0.39, 0.29) is 0 Å². The van der Waals surface area contributed by atoms with Crippen molar-refractivity contribution in [3.8, 4) is 5.75 Å². The Kier molecular flexibility index (Phi) is 3.15. The Labute approximate surface area is 111 Å². The maximum absolute atomic E-state index is 5.46. The summed E-state index contributed by atoms with van der Waals surface area (Å²) in [7, 11) is 0. The van der Waals surface area contributed by atoms with Gasteiger partial charge in [-0.1, -0.05) is 36.0 Å². The summed E-state index contributed by atoms with van der Waals surface area (Å²) in [6.45, 7) is 2.71. The van der Waals surface area contributed by atoms with Crippen LogP contribution in [-0.4, -0.2) is 6.61 Å². The molecule has 0 spiro atoms. The molecule has 1 atom stereocenters.